The highest BCUT2D eigenvalue weighted by atomic mass is 16.7. The Kier molecular flexibility index (Phi) is 2.81. The minimum Gasteiger partial charge on any atom is -0.370 e. The maximum absolute atomic E-state index is 5.85. The van der Waals surface area contributed by atoms with Crippen LogP contribution >= 0.6 is 0 Å². The zero-order chi connectivity index (χ0) is 13.6. The summed E-state index contributed by atoms with van der Waals surface area (Å²) in [5, 5.41) is 0. The number of rotatable bonds is 2. The van der Waals surface area contributed by atoms with Crippen molar-refractivity contribution in [2.45, 2.75) is 31.6 Å². The summed E-state index contributed by atoms with van der Waals surface area (Å²) in [6, 6.07) is 8.60. The van der Waals surface area contributed by atoms with Crippen molar-refractivity contribution in [3.05, 3.63) is 29.8 Å². The Morgan fingerprint density at radius 1 is 1.05 bits per heavy atom. The predicted molar refractivity (Wildman–Crippen MR) is 77.5 cm³/mol. The van der Waals surface area contributed by atoms with Crippen molar-refractivity contribution in [3.63, 3.8) is 0 Å². The van der Waals surface area contributed by atoms with E-state index in [2.05, 4.69) is 29.2 Å². The van der Waals surface area contributed by atoms with Gasteiger partial charge in [-0.2, -0.15) is 0 Å². The minimum atomic E-state index is -0.228. The molecule has 108 valence electrons. The van der Waals surface area contributed by atoms with Crippen LogP contribution in [0.2, 0.25) is 0 Å². The topological polar surface area (TPSA) is 47.7 Å². The Morgan fingerprint density at radius 2 is 1.70 bits per heavy atom. The summed E-state index contributed by atoms with van der Waals surface area (Å²) in [4.78, 5) is 2.44. The molecule has 2 aliphatic heterocycles. The van der Waals surface area contributed by atoms with Crippen LogP contribution in [-0.2, 0) is 16.0 Å². The molecule has 1 aromatic carbocycles. The van der Waals surface area contributed by atoms with E-state index in [-0.39, 0.29) is 5.79 Å². The molecule has 20 heavy (non-hydrogen) atoms. The molecule has 3 fully saturated rings. The number of anilines is 1. The molecule has 0 bridgehead atoms. The molecule has 4 nitrogen and oxygen atoms in total. The number of ether oxygens (including phenoxy) is 2. The molecule has 4 rings (SSSR count). The number of benzene rings is 1. The molecule has 4 heteroatoms. The van der Waals surface area contributed by atoms with Crippen LogP contribution in [0.3, 0.4) is 0 Å². The van der Waals surface area contributed by atoms with Gasteiger partial charge in [0.2, 0.25) is 0 Å². The van der Waals surface area contributed by atoms with Gasteiger partial charge in [0.05, 0.1) is 13.2 Å². The van der Waals surface area contributed by atoms with Crippen molar-refractivity contribution in [3.8, 4) is 0 Å². The third kappa shape index (κ3) is 1.94. The molecule has 1 aromatic rings. The highest BCUT2D eigenvalue weighted by molar-refractivity contribution is 5.51. The lowest BCUT2D eigenvalue weighted by atomic mass is 9.59. The molecule has 2 spiro atoms. The predicted octanol–water partition coefficient (Wildman–Crippen LogP) is 1.88. The van der Waals surface area contributed by atoms with Crippen molar-refractivity contribution in [1.82, 2.24) is 0 Å². The lowest BCUT2D eigenvalue weighted by Gasteiger charge is -2.64. The van der Waals surface area contributed by atoms with Crippen LogP contribution in [0.5, 0.6) is 0 Å². The first kappa shape index (κ1) is 12.6. The summed E-state index contributed by atoms with van der Waals surface area (Å²) in [5.74, 6) is -0.228. The molecule has 0 radical (unpaired) electrons. The van der Waals surface area contributed by atoms with E-state index in [0.717, 1.165) is 45.6 Å². The maximum Gasteiger partial charge on any atom is 0.169 e. The van der Waals surface area contributed by atoms with E-state index in [1.807, 2.05) is 0 Å². The third-order valence-electron chi connectivity index (χ3n) is 4.90. The summed E-state index contributed by atoms with van der Waals surface area (Å²) >= 11 is 0. The molecule has 2 N–H and O–H groups in total. The molecule has 0 atom stereocenters. The molecule has 0 amide bonds. The third-order valence-corrected chi connectivity index (χ3v) is 4.90. The van der Waals surface area contributed by atoms with E-state index in [0.29, 0.717) is 12.0 Å². The molecule has 2 saturated heterocycles. The number of nitrogens with two attached hydrogens (primary N) is 1. The van der Waals surface area contributed by atoms with Gasteiger partial charge in [-0.05, 0) is 24.1 Å². The molecule has 0 aromatic heterocycles. The molecular weight excluding hydrogens is 252 g/mol. The van der Waals surface area contributed by atoms with Gasteiger partial charge in [0.1, 0.15) is 0 Å². The Hall–Kier alpha value is -1.10. The van der Waals surface area contributed by atoms with E-state index in [9.17, 15) is 0 Å². The number of hydrogen-bond donors (Lipinski definition) is 1. The first-order valence-electron chi connectivity index (χ1n) is 7.55. The van der Waals surface area contributed by atoms with Crippen molar-refractivity contribution in [2.24, 2.45) is 11.1 Å². The number of hydrogen-bond acceptors (Lipinski definition) is 4. The maximum atomic E-state index is 5.85. The first-order chi connectivity index (χ1) is 9.73. The second-order valence-electron chi connectivity index (χ2n) is 6.54. The first-order valence-corrected chi connectivity index (χ1v) is 7.55. The van der Waals surface area contributed by atoms with Gasteiger partial charge in [-0.1, -0.05) is 12.1 Å². The lowest BCUT2D eigenvalue weighted by molar-refractivity contribution is -0.343. The summed E-state index contributed by atoms with van der Waals surface area (Å²) in [7, 11) is 0. The smallest absolute Gasteiger partial charge is 0.169 e. The normalized spacial score (nSPS) is 26.4. The van der Waals surface area contributed by atoms with Crippen molar-refractivity contribution in [1.29, 1.82) is 0 Å². The summed E-state index contributed by atoms with van der Waals surface area (Å²) in [6.45, 7) is 4.59. The Bertz CT molecular complexity index is 478. The van der Waals surface area contributed by atoms with E-state index in [4.69, 9.17) is 15.2 Å². The second-order valence-corrected chi connectivity index (χ2v) is 6.54. The van der Waals surface area contributed by atoms with Gasteiger partial charge in [-0.3, -0.25) is 0 Å². The van der Waals surface area contributed by atoms with E-state index >= 15 is 0 Å². The van der Waals surface area contributed by atoms with Gasteiger partial charge >= 0.3 is 0 Å². The minimum absolute atomic E-state index is 0.228. The Labute approximate surface area is 119 Å². The summed E-state index contributed by atoms with van der Waals surface area (Å²) in [5.41, 5.74) is 8.56. The van der Waals surface area contributed by atoms with Gasteiger partial charge < -0.3 is 20.1 Å². The van der Waals surface area contributed by atoms with E-state index < -0.39 is 0 Å². The van der Waals surface area contributed by atoms with Crippen molar-refractivity contribution in [2.75, 3.05) is 31.2 Å². The molecule has 1 saturated carbocycles. The molecule has 2 heterocycles. The fraction of sp³-hybridized carbons (Fsp3) is 0.625. The van der Waals surface area contributed by atoms with Crippen LogP contribution in [0.25, 0.3) is 0 Å². The van der Waals surface area contributed by atoms with Gasteiger partial charge in [0.15, 0.2) is 5.79 Å². The van der Waals surface area contributed by atoms with Gasteiger partial charge in [-0.15, -0.1) is 0 Å². The highest BCUT2D eigenvalue weighted by Gasteiger charge is 2.62. The van der Waals surface area contributed by atoms with Crippen molar-refractivity contribution < 1.29 is 9.47 Å². The van der Waals surface area contributed by atoms with Crippen LogP contribution in [0.1, 0.15) is 24.8 Å². The molecule has 3 aliphatic rings. The highest BCUT2D eigenvalue weighted by Crippen LogP contribution is 2.57. The SMILES string of the molecule is NCc1ccc(N2CC3(C2)CC2(C3)OCCCO2)cc1. The summed E-state index contributed by atoms with van der Waals surface area (Å²) < 4.78 is 11.7. The zero-order valence-electron chi connectivity index (χ0n) is 11.8. The molecule has 0 unspecified atom stereocenters. The zero-order valence-corrected chi connectivity index (χ0v) is 11.8. The van der Waals surface area contributed by atoms with E-state index in [1.165, 1.54) is 11.3 Å². The quantitative estimate of drug-likeness (QED) is 0.894. The second kappa shape index (κ2) is 4.45. The van der Waals surface area contributed by atoms with Crippen LogP contribution in [0.15, 0.2) is 24.3 Å². The lowest BCUT2D eigenvalue weighted by Crippen LogP contribution is -2.70. The van der Waals surface area contributed by atoms with Crippen molar-refractivity contribution >= 4 is 5.69 Å². The van der Waals surface area contributed by atoms with Crippen LogP contribution in [0.4, 0.5) is 5.69 Å². The van der Waals surface area contributed by atoms with Crippen LogP contribution in [0, 0.1) is 5.41 Å². The fourth-order valence-corrected chi connectivity index (χ4v) is 3.92. The largest absolute Gasteiger partial charge is 0.370 e. The molecular formula is C16H22N2O2. The number of nitrogens with zero attached hydrogens (tertiary/aromatic N) is 1. The van der Waals surface area contributed by atoms with Gasteiger partial charge in [0, 0.05) is 43.6 Å². The van der Waals surface area contributed by atoms with E-state index in [1.54, 1.807) is 0 Å². The van der Waals surface area contributed by atoms with Gasteiger partial charge in [0.25, 0.3) is 0 Å². The van der Waals surface area contributed by atoms with Gasteiger partial charge in [-0.25, -0.2) is 0 Å². The average molecular weight is 274 g/mol. The van der Waals surface area contributed by atoms with Crippen LogP contribution < -0.4 is 10.6 Å². The standard InChI is InChI=1S/C16H22N2O2/c17-8-13-2-4-14(5-3-13)18-11-15(12-18)9-16(10-15)19-6-1-7-20-16/h2-5H,1,6-12,17H2. The van der Waals surface area contributed by atoms with Crippen LogP contribution in [-0.4, -0.2) is 32.1 Å². The summed E-state index contributed by atoms with van der Waals surface area (Å²) in [6.07, 6.45) is 3.17. The Balaban J connectivity index is 1.36. The fourth-order valence-electron chi connectivity index (χ4n) is 3.92. The monoisotopic (exact) mass is 274 g/mol. The average Bonchev–Trinajstić information content (AvgIpc) is 2.43. The Morgan fingerprint density at radius 3 is 2.30 bits per heavy atom. The molecule has 1 aliphatic carbocycles.